The van der Waals surface area contributed by atoms with Crippen LogP contribution in [0.3, 0.4) is 0 Å². The number of hydrogen-bond acceptors (Lipinski definition) is 4. The molecular formula is C11H17N3O2. The average Bonchev–Trinajstić information content (AvgIpc) is 2.23. The predicted molar refractivity (Wildman–Crippen MR) is 60.7 cm³/mol. The highest BCUT2D eigenvalue weighted by Gasteiger charge is 1.95. The Morgan fingerprint density at radius 1 is 1.56 bits per heavy atom. The molecule has 0 spiro atoms. The molecule has 0 unspecified atom stereocenters. The third-order valence-electron chi connectivity index (χ3n) is 1.92. The first-order valence-electron chi connectivity index (χ1n) is 5.18. The number of nitrogens with zero attached hydrogens (tertiary/aromatic N) is 1. The molecule has 88 valence electrons. The maximum absolute atomic E-state index is 10.4. The van der Waals surface area contributed by atoms with Gasteiger partial charge in [-0.3, -0.25) is 9.78 Å². The number of nitrogens with one attached hydrogen (secondary N) is 1. The highest BCUT2D eigenvalue weighted by Crippen LogP contribution is 1.96. The molecule has 0 aliphatic rings. The maximum atomic E-state index is 10.4. The van der Waals surface area contributed by atoms with E-state index in [4.69, 9.17) is 10.5 Å². The van der Waals surface area contributed by atoms with Crippen molar-refractivity contribution in [3.05, 3.63) is 29.6 Å². The van der Waals surface area contributed by atoms with Crippen LogP contribution in [-0.4, -0.2) is 30.6 Å². The second-order valence-electron chi connectivity index (χ2n) is 3.47. The zero-order valence-electron chi connectivity index (χ0n) is 9.40. The molecule has 0 fully saturated rings. The number of rotatable bonds is 7. The summed E-state index contributed by atoms with van der Waals surface area (Å²) in [5, 5.41) is 3.16. The summed E-state index contributed by atoms with van der Waals surface area (Å²) in [7, 11) is 0. The third kappa shape index (κ3) is 5.43. The highest BCUT2D eigenvalue weighted by atomic mass is 16.5. The molecule has 0 saturated carbocycles. The number of amides is 1. The van der Waals surface area contributed by atoms with E-state index in [0.717, 1.165) is 11.4 Å². The lowest BCUT2D eigenvalue weighted by molar-refractivity contribution is -0.122. The highest BCUT2D eigenvalue weighted by molar-refractivity contribution is 5.74. The van der Waals surface area contributed by atoms with Gasteiger partial charge < -0.3 is 15.8 Å². The van der Waals surface area contributed by atoms with Crippen molar-refractivity contribution in [3.63, 3.8) is 0 Å². The number of carbonyl (C=O) groups excluding carboxylic acids is 1. The summed E-state index contributed by atoms with van der Waals surface area (Å²) >= 11 is 0. The topological polar surface area (TPSA) is 77.2 Å². The zero-order valence-corrected chi connectivity index (χ0v) is 9.40. The van der Waals surface area contributed by atoms with E-state index in [1.165, 1.54) is 0 Å². The van der Waals surface area contributed by atoms with Gasteiger partial charge >= 0.3 is 0 Å². The SMILES string of the molecule is Cc1cccc(CNCCOCC(N)=O)n1. The number of carbonyl (C=O) groups is 1. The molecule has 3 N–H and O–H groups in total. The number of primary amides is 1. The summed E-state index contributed by atoms with van der Waals surface area (Å²) in [6, 6.07) is 5.90. The van der Waals surface area contributed by atoms with E-state index >= 15 is 0 Å². The van der Waals surface area contributed by atoms with E-state index in [-0.39, 0.29) is 6.61 Å². The van der Waals surface area contributed by atoms with Crippen LogP contribution in [0.2, 0.25) is 0 Å². The van der Waals surface area contributed by atoms with Gasteiger partial charge in [0, 0.05) is 18.8 Å². The average molecular weight is 223 g/mol. The predicted octanol–water partition coefficient (Wildman–Crippen LogP) is -0.0185. The molecule has 1 aromatic heterocycles. The molecule has 0 aliphatic heterocycles. The van der Waals surface area contributed by atoms with E-state index in [9.17, 15) is 4.79 Å². The summed E-state index contributed by atoms with van der Waals surface area (Å²) in [6.07, 6.45) is 0. The summed E-state index contributed by atoms with van der Waals surface area (Å²) in [4.78, 5) is 14.7. The van der Waals surface area contributed by atoms with Crippen LogP contribution in [0, 0.1) is 6.92 Å². The van der Waals surface area contributed by atoms with Gasteiger partial charge in [-0.15, -0.1) is 0 Å². The van der Waals surface area contributed by atoms with Gasteiger partial charge in [0.05, 0.1) is 12.3 Å². The van der Waals surface area contributed by atoms with Gasteiger partial charge in [-0.05, 0) is 19.1 Å². The summed E-state index contributed by atoms with van der Waals surface area (Å²) in [6.45, 7) is 3.77. The number of aryl methyl sites for hydroxylation is 1. The van der Waals surface area contributed by atoms with Crippen LogP contribution < -0.4 is 11.1 Å². The Hall–Kier alpha value is -1.46. The summed E-state index contributed by atoms with van der Waals surface area (Å²) in [5.74, 6) is -0.444. The van der Waals surface area contributed by atoms with Gasteiger partial charge in [0.1, 0.15) is 6.61 Å². The number of pyridine rings is 1. The Labute approximate surface area is 95.0 Å². The largest absolute Gasteiger partial charge is 0.370 e. The normalized spacial score (nSPS) is 10.3. The molecule has 1 amide bonds. The fourth-order valence-electron chi connectivity index (χ4n) is 1.23. The number of hydrogen-bond donors (Lipinski definition) is 2. The van der Waals surface area contributed by atoms with Crippen LogP contribution in [-0.2, 0) is 16.1 Å². The molecule has 5 nitrogen and oxygen atoms in total. The van der Waals surface area contributed by atoms with Crippen molar-refractivity contribution in [2.75, 3.05) is 19.8 Å². The van der Waals surface area contributed by atoms with Crippen molar-refractivity contribution in [1.82, 2.24) is 10.3 Å². The van der Waals surface area contributed by atoms with Crippen molar-refractivity contribution >= 4 is 5.91 Å². The van der Waals surface area contributed by atoms with E-state index in [1.807, 2.05) is 25.1 Å². The van der Waals surface area contributed by atoms with Crippen LogP contribution >= 0.6 is 0 Å². The second-order valence-corrected chi connectivity index (χ2v) is 3.47. The molecule has 16 heavy (non-hydrogen) atoms. The van der Waals surface area contributed by atoms with E-state index < -0.39 is 5.91 Å². The van der Waals surface area contributed by atoms with Gasteiger partial charge in [0.2, 0.25) is 5.91 Å². The lowest BCUT2D eigenvalue weighted by atomic mass is 10.3. The molecular weight excluding hydrogens is 206 g/mol. The molecule has 1 heterocycles. The van der Waals surface area contributed by atoms with Gasteiger partial charge in [0.25, 0.3) is 0 Å². The van der Waals surface area contributed by atoms with Crippen LogP contribution in [0.5, 0.6) is 0 Å². The number of aromatic nitrogens is 1. The van der Waals surface area contributed by atoms with E-state index in [2.05, 4.69) is 10.3 Å². The summed E-state index contributed by atoms with van der Waals surface area (Å²) in [5.41, 5.74) is 6.92. The minimum absolute atomic E-state index is 0.0234. The molecule has 0 radical (unpaired) electrons. The van der Waals surface area contributed by atoms with Gasteiger partial charge in [0.15, 0.2) is 0 Å². The standard InChI is InChI=1S/C11H17N3O2/c1-9-3-2-4-10(14-9)7-13-5-6-16-8-11(12)15/h2-4,13H,5-8H2,1H3,(H2,12,15). The van der Waals surface area contributed by atoms with E-state index in [1.54, 1.807) is 0 Å². The molecule has 0 atom stereocenters. The Morgan fingerprint density at radius 3 is 3.06 bits per heavy atom. The number of nitrogens with two attached hydrogens (primary N) is 1. The smallest absolute Gasteiger partial charge is 0.243 e. The minimum Gasteiger partial charge on any atom is -0.370 e. The lowest BCUT2D eigenvalue weighted by Gasteiger charge is -2.05. The Morgan fingerprint density at radius 2 is 2.38 bits per heavy atom. The Bertz CT molecular complexity index is 342. The van der Waals surface area contributed by atoms with Crippen LogP contribution in [0.1, 0.15) is 11.4 Å². The fourth-order valence-corrected chi connectivity index (χ4v) is 1.23. The van der Waals surface area contributed by atoms with E-state index in [0.29, 0.717) is 19.7 Å². The summed E-state index contributed by atoms with van der Waals surface area (Å²) < 4.78 is 5.00. The molecule has 0 bridgehead atoms. The van der Waals surface area contributed by atoms with Crippen molar-refractivity contribution in [3.8, 4) is 0 Å². The molecule has 0 aromatic carbocycles. The third-order valence-corrected chi connectivity index (χ3v) is 1.92. The van der Waals surface area contributed by atoms with Crippen LogP contribution in [0.25, 0.3) is 0 Å². The van der Waals surface area contributed by atoms with Crippen molar-refractivity contribution in [2.24, 2.45) is 5.73 Å². The zero-order chi connectivity index (χ0) is 11.8. The minimum atomic E-state index is -0.444. The van der Waals surface area contributed by atoms with Crippen molar-refractivity contribution in [1.29, 1.82) is 0 Å². The Kier molecular flexibility index (Phi) is 5.45. The number of ether oxygens (including phenoxy) is 1. The maximum Gasteiger partial charge on any atom is 0.243 e. The molecule has 1 aromatic rings. The first-order chi connectivity index (χ1) is 7.68. The first kappa shape index (κ1) is 12.6. The van der Waals surface area contributed by atoms with Crippen LogP contribution in [0.4, 0.5) is 0 Å². The molecule has 1 rings (SSSR count). The van der Waals surface area contributed by atoms with Crippen molar-refractivity contribution < 1.29 is 9.53 Å². The second kappa shape index (κ2) is 6.92. The molecule has 5 heteroatoms. The molecule has 0 saturated heterocycles. The van der Waals surface area contributed by atoms with Gasteiger partial charge in [-0.1, -0.05) is 6.07 Å². The van der Waals surface area contributed by atoms with Gasteiger partial charge in [-0.25, -0.2) is 0 Å². The lowest BCUT2D eigenvalue weighted by Crippen LogP contribution is -2.24. The monoisotopic (exact) mass is 223 g/mol. The van der Waals surface area contributed by atoms with Crippen molar-refractivity contribution in [2.45, 2.75) is 13.5 Å². The fraction of sp³-hybridized carbons (Fsp3) is 0.455. The quantitative estimate of drug-likeness (QED) is 0.637. The Balaban J connectivity index is 2.09. The van der Waals surface area contributed by atoms with Gasteiger partial charge in [-0.2, -0.15) is 0 Å². The van der Waals surface area contributed by atoms with Crippen LogP contribution in [0.15, 0.2) is 18.2 Å². The first-order valence-corrected chi connectivity index (χ1v) is 5.18. The molecule has 0 aliphatic carbocycles.